The number of hydrogen-bond acceptors (Lipinski definition) is 3. The molecule has 0 aromatic carbocycles. The summed E-state index contributed by atoms with van der Waals surface area (Å²) in [5.41, 5.74) is 0. The van der Waals surface area contributed by atoms with E-state index >= 15 is 0 Å². The van der Waals surface area contributed by atoms with Crippen LogP contribution >= 0.6 is 0 Å². The number of amides is 2. The Labute approximate surface area is 109 Å². The molecule has 18 heavy (non-hydrogen) atoms. The normalized spacial score (nSPS) is 28.1. The summed E-state index contributed by atoms with van der Waals surface area (Å²) in [6.45, 7) is 9.66. The molecule has 2 aliphatic heterocycles. The molecule has 5 heteroatoms. The molecule has 0 aliphatic carbocycles. The van der Waals surface area contributed by atoms with Crippen LogP contribution in [-0.4, -0.2) is 67.3 Å². The predicted molar refractivity (Wildman–Crippen MR) is 70.7 cm³/mol. The van der Waals surface area contributed by atoms with Gasteiger partial charge >= 0.3 is 6.03 Å². The molecule has 2 heterocycles. The summed E-state index contributed by atoms with van der Waals surface area (Å²) in [6.07, 6.45) is 2.04. The van der Waals surface area contributed by atoms with E-state index in [0.29, 0.717) is 12.6 Å². The molecule has 0 aromatic heterocycles. The van der Waals surface area contributed by atoms with E-state index < -0.39 is 0 Å². The summed E-state index contributed by atoms with van der Waals surface area (Å²) in [5.74, 6) is 0. The van der Waals surface area contributed by atoms with Gasteiger partial charge in [0.1, 0.15) is 0 Å². The van der Waals surface area contributed by atoms with Gasteiger partial charge in [-0.3, -0.25) is 4.90 Å². The van der Waals surface area contributed by atoms with Crippen LogP contribution in [0.5, 0.6) is 0 Å². The number of carbonyl (C=O) groups is 1. The second-order valence-corrected chi connectivity index (χ2v) is 5.12. The third-order valence-corrected chi connectivity index (χ3v) is 4.04. The SMILES string of the molecule is CCN(CC)C1CCN(C(=O)NC2CCOC2)C1. The Kier molecular flexibility index (Phi) is 4.83. The zero-order valence-electron chi connectivity index (χ0n) is 11.5. The molecule has 0 radical (unpaired) electrons. The molecule has 2 rings (SSSR count). The average molecular weight is 255 g/mol. The van der Waals surface area contributed by atoms with Crippen LogP contribution in [0.25, 0.3) is 0 Å². The quantitative estimate of drug-likeness (QED) is 0.812. The number of nitrogens with zero attached hydrogens (tertiary/aromatic N) is 2. The lowest BCUT2D eigenvalue weighted by molar-refractivity contribution is 0.177. The third-order valence-electron chi connectivity index (χ3n) is 4.04. The molecule has 2 saturated heterocycles. The number of ether oxygens (including phenoxy) is 1. The van der Waals surface area contributed by atoms with Crippen molar-refractivity contribution >= 4 is 6.03 Å². The van der Waals surface area contributed by atoms with Crippen molar-refractivity contribution in [2.24, 2.45) is 0 Å². The second-order valence-electron chi connectivity index (χ2n) is 5.12. The van der Waals surface area contributed by atoms with Gasteiger partial charge in [-0.25, -0.2) is 4.79 Å². The van der Waals surface area contributed by atoms with Crippen molar-refractivity contribution in [2.75, 3.05) is 39.4 Å². The van der Waals surface area contributed by atoms with Crippen LogP contribution in [-0.2, 0) is 4.74 Å². The van der Waals surface area contributed by atoms with Gasteiger partial charge in [-0.15, -0.1) is 0 Å². The summed E-state index contributed by atoms with van der Waals surface area (Å²) in [4.78, 5) is 16.5. The lowest BCUT2D eigenvalue weighted by atomic mass is 10.2. The molecule has 2 fully saturated rings. The van der Waals surface area contributed by atoms with E-state index in [1.54, 1.807) is 0 Å². The largest absolute Gasteiger partial charge is 0.379 e. The summed E-state index contributed by atoms with van der Waals surface area (Å²) in [7, 11) is 0. The average Bonchev–Trinajstić information content (AvgIpc) is 3.01. The van der Waals surface area contributed by atoms with Crippen LogP contribution in [0.1, 0.15) is 26.7 Å². The minimum Gasteiger partial charge on any atom is -0.379 e. The highest BCUT2D eigenvalue weighted by Gasteiger charge is 2.30. The number of likely N-dealkylation sites (tertiary alicyclic amines) is 1. The number of hydrogen-bond donors (Lipinski definition) is 1. The van der Waals surface area contributed by atoms with Gasteiger partial charge in [0, 0.05) is 25.7 Å². The van der Waals surface area contributed by atoms with E-state index in [1.165, 1.54) is 0 Å². The lowest BCUT2D eigenvalue weighted by Crippen LogP contribution is -2.45. The third kappa shape index (κ3) is 3.14. The van der Waals surface area contributed by atoms with E-state index in [9.17, 15) is 4.79 Å². The molecule has 2 aliphatic rings. The molecular weight excluding hydrogens is 230 g/mol. The maximum Gasteiger partial charge on any atom is 0.317 e. The van der Waals surface area contributed by atoms with Crippen LogP contribution in [0.15, 0.2) is 0 Å². The zero-order valence-corrected chi connectivity index (χ0v) is 11.5. The molecule has 104 valence electrons. The fourth-order valence-corrected chi connectivity index (χ4v) is 2.88. The van der Waals surface area contributed by atoms with Crippen LogP contribution in [0.4, 0.5) is 4.79 Å². The Morgan fingerprint density at radius 3 is 2.78 bits per heavy atom. The maximum atomic E-state index is 12.1. The fraction of sp³-hybridized carbons (Fsp3) is 0.923. The molecule has 1 N–H and O–H groups in total. The van der Waals surface area contributed by atoms with Gasteiger partial charge in [-0.1, -0.05) is 13.8 Å². The van der Waals surface area contributed by atoms with Crippen molar-refractivity contribution in [2.45, 2.75) is 38.8 Å². The number of carbonyl (C=O) groups excluding carboxylic acids is 1. The second kappa shape index (κ2) is 6.38. The smallest absolute Gasteiger partial charge is 0.317 e. The highest BCUT2D eigenvalue weighted by molar-refractivity contribution is 5.75. The van der Waals surface area contributed by atoms with Crippen molar-refractivity contribution in [1.82, 2.24) is 15.1 Å². The van der Waals surface area contributed by atoms with Gasteiger partial charge in [0.25, 0.3) is 0 Å². The Morgan fingerprint density at radius 1 is 1.39 bits per heavy atom. The Hall–Kier alpha value is -0.810. The summed E-state index contributed by atoms with van der Waals surface area (Å²) < 4.78 is 5.27. The standard InChI is InChI=1S/C13H25N3O2/c1-3-15(4-2)12-5-7-16(9-12)13(17)14-11-6-8-18-10-11/h11-12H,3-10H2,1-2H3,(H,14,17). The molecule has 0 bridgehead atoms. The van der Waals surface area contributed by atoms with E-state index in [2.05, 4.69) is 24.1 Å². The summed E-state index contributed by atoms with van der Waals surface area (Å²) >= 11 is 0. The summed E-state index contributed by atoms with van der Waals surface area (Å²) in [6, 6.07) is 0.829. The minimum atomic E-state index is 0.0835. The van der Waals surface area contributed by atoms with Crippen molar-refractivity contribution in [3.63, 3.8) is 0 Å². The molecule has 0 aromatic rings. The first-order valence-electron chi connectivity index (χ1n) is 7.11. The molecule has 0 spiro atoms. The van der Waals surface area contributed by atoms with E-state index in [-0.39, 0.29) is 12.1 Å². The molecule has 2 amide bonds. The van der Waals surface area contributed by atoms with Crippen molar-refractivity contribution in [3.05, 3.63) is 0 Å². The van der Waals surface area contributed by atoms with Gasteiger partial charge in [-0.05, 0) is 25.9 Å². The lowest BCUT2D eigenvalue weighted by Gasteiger charge is -2.26. The number of urea groups is 1. The number of likely N-dealkylation sites (N-methyl/N-ethyl adjacent to an activating group) is 1. The van der Waals surface area contributed by atoms with Crippen LogP contribution in [0, 0.1) is 0 Å². The van der Waals surface area contributed by atoms with Crippen LogP contribution in [0.2, 0.25) is 0 Å². The summed E-state index contributed by atoms with van der Waals surface area (Å²) in [5, 5.41) is 3.06. The molecule has 0 saturated carbocycles. The first-order valence-corrected chi connectivity index (χ1v) is 7.11. The predicted octanol–water partition coefficient (Wildman–Crippen LogP) is 0.901. The van der Waals surface area contributed by atoms with Crippen molar-refractivity contribution in [1.29, 1.82) is 0 Å². The highest BCUT2D eigenvalue weighted by atomic mass is 16.5. The Balaban J connectivity index is 1.78. The van der Waals surface area contributed by atoms with Gasteiger partial charge < -0.3 is 15.0 Å². The molecule has 2 unspecified atom stereocenters. The Bertz CT molecular complexity index is 275. The number of rotatable bonds is 4. The fourth-order valence-electron chi connectivity index (χ4n) is 2.88. The number of nitrogens with one attached hydrogen (secondary N) is 1. The van der Waals surface area contributed by atoms with Gasteiger partial charge in [0.15, 0.2) is 0 Å². The zero-order chi connectivity index (χ0) is 13.0. The van der Waals surface area contributed by atoms with E-state index in [1.807, 2.05) is 4.90 Å². The minimum absolute atomic E-state index is 0.0835. The van der Waals surface area contributed by atoms with Gasteiger partial charge in [-0.2, -0.15) is 0 Å². The van der Waals surface area contributed by atoms with Gasteiger partial charge in [0.05, 0.1) is 12.6 Å². The maximum absolute atomic E-state index is 12.1. The first kappa shape index (κ1) is 13.6. The molecule has 5 nitrogen and oxygen atoms in total. The Morgan fingerprint density at radius 2 is 2.17 bits per heavy atom. The monoisotopic (exact) mass is 255 g/mol. The van der Waals surface area contributed by atoms with Crippen molar-refractivity contribution in [3.8, 4) is 0 Å². The van der Waals surface area contributed by atoms with Gasteiger partial charge in [0.2, 0.25) is 0 Å². The van der Waals surface area contributed by atoms with E-state index in [4.69, 9.17) is 4.74 Å². The first-order chi connectivity index (χ1) is 8.74. The van der Waals surface area contributed by atoms with E-state index in [0.717, 1.165) is 45.6 Å². The van der Waals surface area contributed by atoms with Crippen LogP contribution < -0.4 is 5.32 Å². The topological polar surface area (TPSA) is 44.8 Å². The molecular formula is C13H25N3O2. The molecule has 2 atom stereocenters. The van der Waals surface area contributed by atoms with Crippen LogP contribution in [0.3, 0.4) is 0 Å². The van der Waals surface area contributed by atoms with Crippen molar-refractivity contribution < 1.29 is 9.53 Å². The highest BCUT2D eigenvalue weighted by Crippen LogP contribution is 2.16.